The quantitative estimate of drug-likeness (QED) is 0.717. The van der Waals surface area contributed by atoms with Gasteiger partial charge in [-0.2, -0.15) is 0 Å². The van der Waals surface area contributed by atoms with Crippen molar-refractivity contribution in [2.24, 2.45) is 0 Å². The van der Waals surface area contributed by atoms with Gasteiger partial charge in [0.15, 0.2) is 0 Å². The maximum atomic E-state index is 12.2. The Kier molecular flexibility index (Phi) is 4.98. The summed E-state index contributed by atoms with van der Waals surface area (Å²) in [5.41, 5.74) is 1.36. The number of nitrogens with one attached hydrogen (secondary N) is 1. The summed E-state index contributed by atoms with van der Waals surface area (Å²) in [6.07, 6.45) is -0.759. The van der Waals surface area contributed by atoms with Gasteiger partial charge < -0.3 is 20.1 Å². The van der Waals surface area contributed by atoms with Gasteiger partial charge >= 0.3 is 13.1 Å². The lowest BCUT2D eigenvalue weighted by molar-refractivity contribution is -0.139. The van der Waals surface area contributed by atoms with Crippen LogP contribution in [-0.4, -0.2) is 29.1 Å². The first-order chi connectivity index (χ1) is 11.5. The zero-order valence-corrected chi connectivity index (χ0v) is 13.5. The van der Waals surface area contributed by atoms with Crippen molar-refractivity contribution in [3.05, 3.63) is 57.8 Å². The van der Waals surface area contributed by atoms with E-state index in [2.05, 4.69) is 5.32 Å². The van der Waals surface area contributed by atoms with Gasteiger partial charge in [-0.25, -0.2) is 0 Å². The highest BCUT2D eigenvalue weighted by Gasteiger charge is 2.40. The van der Waals surface area contributed by atoms with E-state index in [4.69, 9.17) is 9.76 Å². The summed E-state index contributed by atoms with van der Waals surface area (Å²) in [5.74, 6) is -1.96. The molecule has 3 N–H and O–H groups in total. The minimum absolute atomic E-state index is 0.224. The molecule has 124 valence electrons. The Labute approximate surface area is 143 Å². The summed E-state index contributed by atoms with van der Waals surface area (Å²) >= 11 is 1.49. The lowest BCUT2D eigenvalue weighted by Gasteiger charge is -2.33. The average Bonchev–Trinajstić information content (AvgIpc) is 3.03. The molecule has 2 aromatic rings. The Bertz CT molecular complexity index is 736. The Balaban J connectivity index is 1.79. The van der Waals surface area contributed by atoms with Crippen LogP contribution in [0, 0.1) is 0 Å². The number of amides is 1. The highest BCUT2D eigenvalue weighted by atomic mass is 32.1. The van der Waals surface area contributed by atoms with E-state index in [9.17, 15) is 14.6 Å². The van der Waals surface area contributed by atoms with E-state index >= 15 is 0 Å². The summed E-state index contributed by atoms with van der Waals surface area (Å²) in [5, 5.41) is 23.9. The summed E-state index contributed by atoms with van der Waals surface area (Å²) in [7, 11) is -1.29. The van der Waals surface area contributed by atoms with Gasteiger partial charge in [-0.15, -0.1) is 11.3 Å². The van der Waals surface area contributed by atoms with Crippen LogP contribution in [0.2, 0.25) is 0 Å². The van der Waals surface area contributed by atoms with Crippen LogP contribution in [0.1, 0.15) is 34.5 Å². The number of hydrogen-bond acceptors (Lipinski definition) is 5. The van der Waals surface area contributed by atoms with Crippen LogP contribution in [0.15, 0.2) is 41.8 Å². The van der Waals surface area contributed by atoms with Crippen LogP contribution < -0.4 is 5.32 Å². The van der Waals surface area contributed by atoms with Gasteiger partial charge in [0.2, 0.25) is 5.91 Å². The van der Waals surface area contributed by atoms with E-state index in [1.54, 1.807) is 24.3 Å². The molecule has 1 aliphatic heterocycles. The van der Waals surface area contributed by atoms with E-state index in [0.29, 0.717) is 11.1 Å². The van der Waals surface area contributed by atoms with Gasteiger partial charge in [-0.1, -0.05) is 30.3 Å². The molecular formula is C16H16BNO5S. The van der Waals surface area contributed by atoms with Crippen molar-refractivity contribution in [2.75, 3.05) is 0 Å². The van der Waals surface area contributed by atoms with Gasteiger partial charge in [-0.3, -0.25) is 9.59 Å². The predicted octanol–water partition coefficient (Wildman–Crippen LogP) is 1.71. The highest BCUT2D eigenvalue weighted by Crippen LogP contribution is 2.35. The van der Waals surface area contributed by atoms with Crippen LogP contribution in [0.5, 0.6) is 0 Å². The van der Waals surface area contributed by atoms with E-state index in [0.717, 1.165) is 4.88 Å². The first-order valence-corrected chi connectivity index (χ1v) is 8.38. The van der Waals surface area contributed by atoms with Crippen LogP contribution in [0.4, 0.5) is 0 Å². The maximum absolute atomic E-state index is 12.2. The van der Waals surface area contributed by atoms with Crippen molar-refractivity contribution in [3.8, 4) is 0 Å². The second-order valence-electron chi connectivity index (χ2n) is 5.54. The molecule has 1 aliphatic rings. The SMILES string of the molecule is O=C(O)C[C@H]1OB(O)[C@@H](NC(=O)Cc2cccs2)c2ccccc21. The Morgan fingerprint density at radius 3 is 2.62 bits per heavy atom. The van der Waals surface area contributed by atoms with E-state index in [-0.39, 0.29) is 18.7 Å². The fourth-order valence-electron chi connectivity index (χ4n) is 2.82. The predicted molar refractivity (Wildman–Crippen MR) is 89.4 cm³/mol. The topological polar surface area (TPSA) is 95.9 Å². The second-order valence-corrected chi connectivity index (χ2v) is 6.58. The van der Waals surface area contributed by atoms with Crippen LogP contribution in [0.3, 0.4) is 0 Å². The first-order valence-electron chi connectivity index (χ1n) is 7.50. The number of aliphatic carboxylic acids is 1. The lowest BCUT2D eigenvalue weighted by atomic mass is 9.69. The molecule has 1 aromatic carbocycles. The highest BCUT2D eigenvalue weighted by molar-refractivity contribution is 7.10. The van der Waals surface area contributed by atoms with Crippen LogP contribution in [-0.2, 0) is 20.7 Å². The molecule has 0 bridgehead atoms. The number of hydrogen-bond donors (Lipinski definition) is 3. The van der Waals surface area contributed by atoms with Crippen molar-refractivity contribution in [3.63, 3.8) is 0 Å². The van der Waals surface area contributed by atoms with E-state index in [1.165, 1.54) is 11.3 Å². The third kappa shape index (κ3) is 3.67. The summed E-state index contributed by atoms with van der Waals surface area (Å²) < 4.78 is 5.43. The van der Waals surface area contributed by atoms with Crippen LogP contribution >= 0.6 is 11.3 Å². The van der Waals surface area contributed by atoms with Crippen LogP contribution in [0.25, 0.3) is 0 Å². The van der Waals surface area contributed by atoms with Gasteiger partial charge in [0, 0.05) is 4.88 Å². The van der Waals surface area contributed by atoms with Crippen molar-refractivity contribution < 1.29 is 24.4 Å². The molecule has 0 unspecified atom stereocenters. The van der Waals surface area contributed by atoms with Gasteiger partial charge in [0.1, 0.15) is 0 Å². The number of carbonyl (C=O) groups is 2. The van der Waals surface area contributed by atoms with Gasteiger partial charge in [0.05, 0.1) is 24.9 Å². The fraction of sp³-hybridized carbons (Fsp3) is 0.250. The van der Waals surface area contributed by atoms with Crippen molar-refractivity contribution in [1.82, 2.24) is 5.32 Å². The average molecular weight is 345 g/mol. The molecule has 2 heterocycles. The third-order valence-electron chi connectivity index (χ3n) is 3.86. The first kappa shape index (κ1) is 16.7. The molecule has 0 radical (unpaired) electrons. The standard InChI is InChI=1S/C16H16BNO5S/c19-14(8-10-4-3-7-24-10)18-16-12-6-2-1-5-11(12)13(9-15(20)21)23-17(16)22/h1-7,13,16,22H,8-9H2,(H,18,19)(H,20,21)/t13-,16+/m1/s1. The number of carboxylic acid groups (broad SMARTS) is 1. The monoisotopic (exact) mass is 345 g/mol. The third-order valence-corrected chi connectivity index (χ3v) is 4.73. The molecule has 0 spiro atoms. The Hall–Kier alpha value is -2.16. The minimum Gasteiger partial charge on any atom is -0.481 e. The van der Waals surface area contributed by atoms with E-state index < -0.39 is 25.1 Å². The number of rotatable bonds is 5. The van der Waals surface area contributed by atoms with E-state index in [1.807, 2.05) is 17.5 Å². The normalized spacial score (nSPS) is 19.6. The molecule has 0 fully saturated rings. The molecule has 0 saturated heterocycles. The number of benzene rings is 1. The molecule has 3 rings (SSSR count). The second kappa shape index (κ2) is 7.17. The molecule has 8 heteroatoms. The summed E-state index contributed by atoms with van der Waals surface area (Å²) in [6, 6.07) is 10.8. The summed E-state index contributed by atoms with van der Waals surface area (Å²) in [4.78, 5) is 24.1. The zero-order valence-electron chi connectivity index (χ0n) is 12.7. The molecule has 0 aliphatic carbocycles. The number of fused-ring (bicyclic) bond motifs is 1. The van der Waals surface area contributed by atoms with Gasteiger partial charge in [-0.05, 0) is 22.6 Å². The molecule has 0 saturated carbocycles. The number of carboxylic acids is 1. The molecule has 1 aromatic heterocycles. The molecule has 1 amide bonds. The smallest absolute Gasteiger partial charge is 0.481 e. The largest absolute Gasteiger partial charge is 0.483 e. The number of thiophene rings is 1. The van der Waals surface area contributed by atoms with Gasteiger partial charge in [0.25, 0.3) is 0 Å². The summed E-state index contributed by atoms with van der Waals surface area (Å²) in [6.45, 7) is 0. The number of carbonyl (C=O) groups excluding carboxylic acids is 1. The molecule has 24 heavy (non-hydrogen) atoms. The molecule has 6 nitrogen and oxygen atoms in total. The van der Waals surface area contributed by atoms with Crippen molar-refractivity contribution >= 4 is 30.3 Å². The minimum atomic E-state index is -1.29. The van der Waals surface area contributed by atoms with Crippen molar-refractivity contribution in [1.29, 1.82) is 0 Å². The Morgan fingerprint density at radius 2 is 1.96 bits per heavy atom. The maximum Gasteiger partial charge on any atom is 0.483 e. The fourth-order valence-corrected chi connectivity index (χ4v) is 3.53. The Morgan fingerprint density at radius 1 is 1.21 bits per heavy atom. The molecule has 2 atom stereocenters. The van der Waals surface area contributed by atoms with Crippen molar-refractivity contribution in [2.45, 2.75) is 24.9 Å². The molecular weight excluding hydrogens is 329 g/mol. The lowest BCUT2D eigenvalue weighted by Crippen LogP contribution is -2.45. The zero-order chi connectivity index (χ0) is 17.1.